The lowest BCUT2D eigenvalue weighted by Crippen LogP contribution is -2.38. The smallest absolute Gasteiger partial charge is 0.298 e. The van der Waals surface area contributed by atoms with Gasteiger partial charge in [0.2, 0.25) is 10.0 Å². The number of piperidine rings is 1. The van der Waals surface area contributed by atoms with Gasteiger partial charge in [-0.05, 0) is 55.5 Å². The molecule has 1 N–H and O–H groups in total. The Hall–Kier alpha value is -2.09. The predicted octanol–water partition coefficient (Wildman–Crippen LogP) is 3.98. The highest BCUT2D eigenvalue weighted by Crippen LogP contribution is 2.26. The minimum Gasteiger partial charge on any atom is -0.423 e. The van der Waals surface area contributed by atoms with E-state index in [1.807, 2.05) is 24.3 Å². The summed E-state index contributed by atoms with van der Waals surface area (Å²) in [4.78, 5) is 6.90. The van der Waals surface area contributed by atoms with Crippen LogP contribution < -0.4 is 9.62 Å². The van der Waals surface area contributed by atoms with E-state index in [0.29, 0.717) is 23.1 Å². The molecule has 0 bridgehead atoms. The Balaban J connectivity index is 1.36. The molecule has 0 atom stereocenters. The highest BCUT2D eigenvalue weighted by molar-refractivity contribution is 7.89. The number of aromatic nitrogens is 1. The molecule has 6 nitrogen and oxygen atoms in total. The molecular formula is C20H22ClN3O3S. The molecule has 2 heterocycles. The van der Waals surface area contributed by atoms with Crippen molar-refractivity contribution in [3.05, 3.63) is 53.1 Å². The third-order valence-electron chi connectivity index (χ3n) is 5.17. The van der Waals surface area contributed by atoms with E-state index in [1.165, 1.54) is 6.07 Å². The van der Waals surface area contributed by atoms with E-state index in [2.05, 4.69) is 14.6 Å². The second kappa shape index (κ2) is 7.73. The third-order valence-corrected chi connectivity index (χ3v) is 6.97. The largest absolute Gasteiger partial charge is 0.423 e. The topological polar surface area (TPSA) is 75.4 Å². The molecule has 3 aromatic rings. The van der Waals surface area contributed by atoms with Gasteiger partial charge in [-0.25, -0.2) is 13.1 Å². The molecule has 0 aliphatic carbocycles. The molecule has 8 heteroatoms. The zero-order chi connectivity index (χ0) is 19.7. The van der Waals surface area contributed by atoms with Gasteiger partial charge in [0.25, 0.3) is 6.01 Å². The Labute approximate surface area is 169 Å². The Morgan fingerprint density at radius 2 is 1.96 bits per heavy atom. The molecule has 2 aromatic carbocycles. The number of benzene rings is 2. The van der Waals surface area contributed by atoms with Crippen LogP contribution in [0.15, 0.2) is 51.8 Å². The number of rotatable bonds is 5. The molecule has 0 spiro atoms. The summed E-state index contributed by atoms with van der Waals surface area (Å²) in [6.07, 6.45) is 1.74. The molecule has 0 amide bonds. The molecule has 1 fully saturated rings. The number of nitrogens with one attached hydrogen (secondary N) is 1. The number of fused-ring (bicyclic) bond motifs is 1. The van der Waals surface area contributed by atoms with Crippen molar-refractivity contribution in [2.45, 2.75) is 24.7 Å². The lowest BCUT2D eigenvalue weighted by Gasteiger charge is -2.30. The van der Waals surface area contributed by atoms with Crippen molar-refractivity contribution in [1.29, 1.82) is 0 Å². The zero-order valence-corrected chi connectivity index (χ0v) is 17.1. The first-order chi connectivity index (χ1) is 13.4. The number of anilines is 1. The van der Waals surface area contributed by atoms with Gasteiger partial charge in [-0.15, -0.1) is 0 Å². The van der Waals surface area contributed by atoms with E-state index >= 15 is 0 Å². The van der Waals surface area contributed by atoms with Crippen LogP contribution in [-0.4, -0.2) is 33.0 Å². The maximum atomic E-state index is 12.6. The van der Waals surface area contributed by atoms with E-state index in [4.69, 9.17) is 16.0 Å². The van der Waals surface area contributed by atoms with Crippen LogP contribution in [0, 0.1) is 12.8 Å². The lowest BCUT2D eigenvalue weighted by molar-refractivity contribution is 0.387. The molecule has 0 unspecified atom stereocenters. The Kier molecular flexibility index (Phi) is 5.31. The van der Waals surface area contributed by atoms with Crippen molar-refractivity contribution in [2.24, 2.45) is 5.92 Å². The van der Waals surface area contributed by atoms with Gasteiger partial charge >= 0.3 is 0 Å². The average Bonchev–Trinajstić information content (AvgIpc) is 3.13. The number of hydrogen-bond acceptors (Lipinski definition) is 5. The molecule has 0 radical (unpaired) electrons. The Morgan fingerprint density at radius 3 is 2.71 bits per heavy atom. The van der Waals surface area contributed by atoms with Gasteiger partial charge in [-0.3, -0.25) is 0 Å². The Bertz CT molecular complexity index is 1060. The van der Waals surface area contributed by atoms with E-state index in [-0.39, 0.29) is 10.8 Å². The summed E-state index contributed by atoms with van der Waals surface area (Å²) in [5, 5.41) is 0.414. The summed E-state index contributed by atoms with van der Waals surface area (Å²) >= 11 is 5.96. The van der Waals surface area contributed by atoms with Crippen molar-refractivity contribution < 1.29 is 12.8 Å². The van der Waals surface area contributed by atoms with Gasteiger partial charge in [-0.1, -0.05) is 29.8 Å². The van der Waals surface area contributed by atoms with Gasteiger partial charge < -0.3 is 9.32 Å². The standard InChI is InChI=1S/C20H22ClN3O3S/c1-14-6-7-16(21)12-19(14)28(25,26)22-13-15-8-10-24(11-9-15)20-23-17-4-2-3-5-18(17)27-20/h2-7,12,15,22H,8-11,13H2,1H3. The van der Waals surface area contributed by atoms with Crippen LogP contribution in [0.5, 0.6) is 0 Å². The number of halogens is 1. The molecule has 4 rings (SSSR count). The van der Waals surface area contributed by atoms with Crippen molar-refractivity contribution in [1.82, 2.24) is 9.71 Å². The minimum atomic E-state index is -3.57. The van der Waals surface area contributed by atoms with Gasteiger partial charge in [0.05, 0.1) is 4.90 Å². The summed E-state index contributed by atoms with van der Waals surface area (Å²) < 4.78 is 33.8. The van der Waals surface area contributed by atoms with Gasteiger partial charge in [0.1, 0.15) is 5.52 Å². The maximum Gasteiger partial charge on any atom is 0.298 e. The van der Waals surface area contributed by atoms with Crippen LogP contribution in [0.3, 0.4) is 0 Å². The number of hydrogen-bond donors (Lipinski definition) is 1. The summed E-state index contributed by atoms with van der Waals surface area (Å²) in [5.74, 6) is 0.273. The summed E-state index contributed by atoms with van der Waals surface area (Å²) in [7, 11) is -3.57. The molecule has 28 heavy (non-hydrogen) atoms. The van der Waals surface area contributed by atoms with Gasteiger partial charge in [-0.2, -0.15) is 4.98 Å². The molecule has 148 valence electrons. The quantitative estimate of drug-likeness (QED) is 0.676. The summed E-state index contributed by atoms with van der Waals surface area (Å²) in [6, 6.07) is 13.2. The maximum absolute atomic E-state index is 12.6. The minimum absolute atomic E-state index is 0.240. The second-order valence-corrected chi connectivity index (χ2v) is 9.33. The van der Waals surface area contributed by atoms with Crippen LogP contribution in [0.4, 0.5) is 6.01 Å². The summed E-state index contributed by atoms with van der Waals surface area (Å²) in [6.45, 7) is 3.75. The van der Waals surface area contributed by atoms with E-state index < -0.39 is 10.0 Å². The number of aryl methyl sites for hydroxylation is 1. The highest BCUT2D eigenvalue weighted by atomic mass is 35.5. The molecule has 0 saturated carbocycles. The molecule has 1 aliphatic heterocycles. The number of nitrogens with zero attached hydrogens (tertiary/aromatic N) is 2. The first kappa shape index (κ1) is 19.2. The second-order valence-electron chi connectivity index (χ2n) is 7.16. The van der Waals surface area contributed by atoms with Crippen molar-refractivity contribution in [3.8, 4) is 0 Å². The van der Waals surface area contributed by atoms with Gasteiger partial charge in [0.15, 0.2) is 5.58 Å². The van der Waals surface area contributed by atoms with Crippen molar-refractivity contribution >= 4 is 38.7 Å². The Morgan fingerprint density at radius 1 is 1.21 bits per heavy atom. The molecule has 1 saturated heterocycles. The number of sulfonamides is 1. The molecule has 1 aliphatic rings. The SMILES string of the molecule is Cc1ccc(Cl)cc1S(=O)(=O)NCC1CCN(c2nc3ccccc3o2)CC1. The molecule has 1 aromatic heterocycles. The van der Waals surface area contributed by atoms with E-state index in [1.54, 1.807) is 19.1 Å². The van der Waals surface area contributed by atoms with Crippen LogP contribution in [0.25, 0.3) is 11.1 Å². The third kappa shape index (κ3) is 4.01. The van der Waals surface area contributed by atoms with Crippen LogP contribution in [0.2, 0.25) is 5.02 Å². The fraction of sp³-hybridized carbons (Fsp3) is 0.350. The molecular weight excluding hydrogens is 398 g/mol. The van der Waals surface area contributed by atoms with E-state index in [0.717, 1.165) is 37.0 Å². The monoisotopic (exact) mass is 419 g/mol. The lowest BCUT2D eigenvalue weighted by atomic mass is 9.97. The van der Waals surface area contributed by atoms with Crippen molar-refractivity contribution in [2.75, 3.05) is 24.5 Å². The fourth-order valence-electron chi connectivity index (χ4n) is 3.49. The van der Waals surface area contributed by atoms with Crippen LogP contribution in [0.1, 0.15) is 18.4 Å². The normalized spacial score (nSPS) is 16.0. The van der Waals surface area contributed by atoms with Gasteiger partial charge in [0, 0.05) is 24.7 Å². The number of oxazole rings is 1. The average molecular weight is 420 g/mol. The highest BCUT2D eigenvalue weighted by Gasteiger charge is 2.25. The van der Waals surface area contributed by atoms with Crippen molar-refractivity contribution in [3.63, 3.8) is 0 Å². The van der Waals surface area contributed by atoms with E-state index in [9.17, 15) is 8.42 Å². The first-order valence-electron chi connectivity index (χ1n) is 9.29. The zero-order valence-electron chi connectivity index (χ0n) is 15.6. The number of para-hydroxylation sites is 2. The fourth-order valence-corrected chi connectivity index (χ4v) is 5.11. The van der Waals surface area contributed by atoms with Crippen LogP contribution in [-0.2, 0) is 10.0 Å². The summed E-state index contributed by atoms with van der Waals surface area (Å²) in [5.41, 5.74) is 2.32. The first-order valence-corrected chi connectivity index (χ1v) is 11.1. The van der Waals surface area contributed by atoms with Crippen LogP contribution >= 0.6 is 11.6 Å². The predicted molar refractivity (Wildman–Crippen MR) is 110 cm³/mol.